The number of imidazole rings is 1. The van der Waals surface area contributed by atoms with Crippen LogP contribution >= 0.6 is 11.6 Å². The van der Waals surface area contributed by atoms with Crippen molar-refractivity contribution in [2.24, 2.45) is 7.05 Å². The van der Waals surface area contributed by atoms with Gasteiger partial charge in [-0.15, -0.1) is 11.6 Å². The van der Waals surface area contributed by atoms with Crippen LogP contribution in [0, 0.1) is 0 Å². The van der Waals surface area contributed by atoms with Crippen molar-refractivity contribution >= 4 is 22.8 Å². The molecule has 2 heterocycles. The van der Waals surface area contributed by atoms with Gasteiger partial charge in [0.05, 0.1) is 12.0 Å². The highest BCUT2D eigenvalue weighted by Gasteiger charge is 2.20. The molecule has 3 rings (SSSR count). The summed E-state index contributed by atoms with van der Waals surface area (Å²) in [6, 6.07) is 9.75. The molecule has 0 aliphatic rings. The van der Waals surface area contributed by atoms with Gasteiger partial charge in [0, 0.05) is 20.1 Å². The zero-order chi connectivity index (χ0) is 20.3. The van der Waals surface area contributed by atoms with Crippen LogP contribution in [-0.2, 0) is 26.0 Å². The fraction of sp³-hybridized carbons (Fsp3) is 0.450. The molecule has 0 aliphatic carbocycles. The summed E-state index contributed by atoms with van der Waals surface area (Å²) in [5, 5.41) is 9.39. The Hall–Kier alpha value is -2.38. The third-order valence-electron chi connectivity index (χ3n) is 4.87. The minimum atomic E-state index is -0.389. The first-order valence-corrected chi connectivity index (χ1v) is 9.94. The number of fused-ring (bicyclic) bond motifs is 1. The lowest BCUT2D eigenvalue weighted by Crippen LogP contribution is -2.39. The van der Waals surface area contributed by atoms with Crippen molar-refractivity contribution in [2.45, 2.75) is 51.3 Å². The van der Waals surface area contributed by atoms with E-state index < -0.39 is 0 Å². The zero-order valence-electron chi connectivity index (χ0n) is 16.1. The molecule has 0 saturated heterocycles. The minimum absolute atomic E-state index is 0.142. The van der Waals surface area contributed by atoms with E-state index in [0.717, 1.165) is 12.0 Å². The van der Waals surface area contributed by atoms with E-state index >= 15 is 0 Å². The maximum Gasteiger partial charge on any atom is 0.332 e. The molecular formula is C20H25ClN4O3. The van der Waals surface area contributed by atoms with E-state index in [1.165, 1.54) is 9.13 Å². The smallest absolute Gasteiger partial charge is 0.332 e. The lowest BCUT2D eigenvalue weighted by atomic mass is 10.2. The standard InChI is InChI=1S/C20H25ClN4O3/c1-14(26)8-6-7-11-24-19(27)17-18(23(2)20(24)28)22-16(12-21)25(17)13-15-9-4-3-5-10-15/h3-5,9-10,14,26H,6-8,11-13H2,1-2H3. The van der Waals surface area contributed by atoms with Crippen LogP contribution < -0.4 is 11.2 Å². The Morgan fingerprint density at radius 1 is 1.14 bits per heavy atom. The maximum absolute atomic E-state index is 13.2. The van der Waals surface area contributed by atoms with E-state index in [4.69, 9.17) is 11.6 Å². The number of hydrogen-bond donors (Lipinski definition) is 1. The molecule has 1 aromatic carbocycles. The SMILES string of the molecule is CC(O)CCCCn1c(=O)c2c(nc(CCl)n2Cc2ccccc2)n(C)c1=O. The fourth-order valence-electron chi connectivity index (χ4n) is 3.36. The Bertz CT molecular complexity index is 1070. The summed E-state index contributed by atoms with van der Waals surface area (Å²) in [7, 11) is 1.62. The number of nitrogens with zero attached hydrogens (tertiary/aromatic N) is 4. The van der Waals surface area contributed by atoms with Crippen molar-refractivity contribution in [3.05, 3.63) is 62.6 Å². The predicted octanol–water partition coefficient (Wildman–Crippen LogP) is 2.23. The minimum Gasteiger partial charge on any atom is -0.393 e. The fourth-order valence-corrected chi connectivity index (χ4v) is 3.57. The molecule has 28 heavy (non-hydrogen) atoms. The molecule has 8 heteroatoms. The summed E-state index contributed by atoms with van der Waals surface area (Å²) in [4.78, 5) is 30.3. The normalized spacial score (nSPS) is 12.6. The molecule has 1 N–H and O–H groups in total. The van der Waals surface area contributed by atoms with Gasteiger partial charge in [-0.05, 0) is 31.7 Å². The van der Waals surface area contributed by atoms with Crippen molar-refractivity contribution in [3.8, 4) is 0 Å². The van der Waals surface area contributed by atoms with Gasteiger partial charge < -0.3 is 9.67 Å². The summed E-state index contributed by atoms with van der Waals surface area (Å²) in [5.41, 5.74) is 1.01. The first kappa shape index (κ1) is 20.4. The van der Waals surface area contributed by atoms with Crippen LogP contribution in [-0.4, -0.2) is 29.9 Å². The van der Waals surface area contributed by atoms with Crippen LogP contribution in [0.2, 0.25) is 0 Å². The van der Waals surface area contributed by atoms with Gasteiger partial charge in [-0.3, -0.25) is 13.9 Å². The first-order chi connectivity index (χ1) is 13.4. The summed E-state index contributed by atoms with van der Waals surface area (Å²) in [5.74, 6) is 0.697. The molecule has 0 amide bonds. The highest BCUT2D eigenvalue weighted by Crippen LogP contribution is 2.16. The predicted molar refractivity (Wildman–Crippen MR) is 110 cm³/mol. The van der Waals surface area contributed by atoms with E-state index in [9.17, 15) is 14.7 Å². The summed E-state index contributed by atoms with van der Waals surface area (Å²) in [6.45, 7) is 2.49. The second-order valence-electron chi connectivity index (χ2n) is 7.05. The van der Waals surface area contributed by atoms with Crippen molar-refractivity contribution < 1.29 is 5.11 Å². The van der Waals surface area contributed by atoms with Crippen molar-refractivity contribution in [3.63, 3.8) is 0 Å². The average molecular weight is 405 g/mol. The summed E-state index contributed by atoms with van der Waals surface area (Å²) >= 11 is 6.08. The third-order valence-corrected chi connectivity index (χ3v) is 5.11. The van der Waals surface area contributed by atoms with Crippen LogP contribution in [0.15, 0.2) is 39.9 Å². The molecule has 150 valence electrons. The Labute approximate surface area is 167 Å². The number of aryl methyl sites for hydroxylation is 1. The van der Waals surface area contributed by atoms with Gasteiger partial charge in [0.1, 0.15) is 5.82 Å². The number of unbranched alkanes of at least 4 members (excludes halogenated alkanes) is 1. The number of rotatable bonds is 8. The summed E-state index contributed by atoms with van der Waals surface area (Å²) < 4.78 is 4.46. The molecule has 1 unspecified atom stereocenters. The van der Waals surface area contributed by atoms with E-state index in [2.05, 4.69) is 4.98 Å². The Morgan fingerprint density at radius 2 is 1.86 bits per heavy atom. The molecule has 0 fully saturated rings. The number of alkyl halides is 1. The second-order valence-corrected chi connectivity index (χ2v) is 7.32. The second kappa shape index (κ2) is 8.75. The van der Waals surface area contributed by atoms with Gasteiger partial charge in [-0.25, -0.2) is 9.78 Å². The molecule has 1 atom stereocenters. The average Bonchev–Trinajstić information content (AvgIpc) is 3.05. The molecule has 0 bridgehead atoms. The van der Waals surface area contributed by atoms with Gasteiger partial charge in [-0.1, -0.05) is 30.3 Å². The molecule has 2 aromatic heterocycles. The number of benzene rings is 1. The topological polar surface area (TPSA) is 82.1 Å². The quantitative estimate of drug-likeness (QED) is 0.461. The number of aliphatic hydroxyl groups is 1. The monoisotopic (exact) mass is 404 g/mol. The van der Waals surface area contributed by atoms with Gasteiger partial charge >= 0.3 is 5.69 Å². The molecule has 0 saturated carbocycles. The van der Waals surface area contributed by atoms with E-state index in [1.54, 1.807) is 18.5 Å². The number of aromatic nitrogens is 4. The van der Waals surface area contributed by atoms with Crippen LogP contribution in [0.25, 0.3) is 11.2 Å². The number of halogens is 1. The maximum atomic E-state index is 13.2. The van der Waals surface area contributed by atoms with Gasteiger partial charge in [0.25, 0.3) is 5.56 Å². The van der Waals surface area contributed by atoms with Gasteiger partial charge in [0.2, 0.25) is 0 Å². The Balaban J connectivity index is 2.08. The van der Waals surface area contributed by atoms with Crippen LogP contribution in [0.5, 0.6) is 0 Å². The van der Waals surface area contributed by atoms with Gasteiger partial charge in [0.15, 0.2) is 11.2 Å². The highest BCUT2D eigenvalue weighted by atomic mass is 35.5. The zero-order valence-corrected chi connectivity index (χ0v) is 16.9. The molecular weight excluding hydrogens is 380 g/mol. The third kappa shape index (κ3) is 4.05. The lowest BCUT2D eigenvalue weighted by Gasteiger charge is -2.11. The summed E-state index contributed by atoms with van der Waals surface area (Å²) in [6.07, 6.45) is 1.63. The molecule has 0 aliphatic heterocycles. The molecule has 7 nitrogen and oxygen atoms in total. The number of aliphatic hydroxyl groups excluding tert-OH is 1. The van der Waals surface area contributed by atoms with E-state index in [-0.39, 0.29) is 23.2 Å². The molecule has 0 spiro atoms. The van der Waals surface area contributed by atoms with Crippen molar-refractivity contribution in [2.75, 3.05) is 0 Å². The van der Waals surface area contributed by atoms with Gasteiger partial charge in [-0.2, -0.15) is 0 Å². The van der Waals surface area contributed by atoms with Crippen LogP contribution in [0.3, 0.4) is 0 Å². The first-order valence-electron chi connectivity index (χ1n) is 9.41. The lowest BCUT2D eigenvalue weighted by molar-refractivity contribution is 0.180. The number of hydrogen-bond acceptors (Lipinski definition) is 4. The van der Waals surface area contributed by atoms with E-state index in [0.29, 0.717) is 42.9 Å². The largest absolute Gasteiger partial charge is 0.393 e. The Morgan fingerprint density at radius 3 is 2.50 bits per heavy atom. The van der Waals surface area contributed by atoms with Crippen molar-refractivity contribution in [1.29, 1.82) is 0 Å². The highest BCUT2D eigenvalue weighted by molar-refractivity contribution is 6.16. The van der Waals surface area contributed by atoms with Crippen LogP contribution in [0.4, 0.5) is 0 Å². The molecule has 0 radical (unpaired) electrons. The Kier molecular flexibility index (Phi) is 6.36. The van der Waals surface area contributed by atoms with Crippen LogP contribution in [0.1, 0.15) is 37.6 Å². The van der Waals surface area contributed by atoms with Crippen molar-refractivity contribution in [1.82, 2.24) is 18.7 Å². The molecule has 3 aromatic rings. The van der Waals surface area contributed by atoms with E-state index in [1.807, 2.05) is 30.3 Å².